The van der Waals surface area contributed by atoms with E-state index in [0.717, 1.165) is 41.8 Å². The van der Waals surface area contributed by atoms with Crippen LogP contribution in [0.15, 0.2) is 42.5 Å². The number of hydrogen-bond acceptors (Lipinski definition) is 3. The van der Waals surface area contributed by atoms with Crippen molar-refractivity contribution in [3.8, 4) is 0 Å². The van der Waals surface area contributed by atoms with Crippen LogP contribution in [-0.2, 0) is 20.8 Å². The average molecular weight is 393 g/mol. The largest absolute Gasteiger partial charge is 0.349 e. The zero-order chi connectivity index (χ0) is 21.0. The number of anilines is 2. The van der Waals surface area contributed by atoms with Crippen molar-refractivity contribution in [3.05, 3.63) is 59.2 Å². The van der Waals surface area contributed by atoms with Crippen LogP contribution in [0.25, 0.3) is 0 Å². The van der Waals surface area contributed by atoms with E-state index in [4.69, 9.17) is 0 Å². The lowest BCUT2D eigenvalue weighted by molar-refractivity contribution is -0.120. The number of rotatable bonds is 5. The Hall–Kier alpha value is -3.15. The van der Waals surface area contributed by atoms with Gasteiger partial charge in [0.1, 0.15) is 0 Å². The van der Waals surface area contributed by atoms with Crippen LogP contribution in [0, 0.1) is 6.92 Å². The highest BCUT2D eigenvalue weighted by Gasteiger charge is 2.21. The van der Waals surface area contributed by atoms with E-state index >= 15 is 0 Å². The molecule has 1 atom stereocenters. The Morgan fingerprint density at radius 1 is 1.07 bits per heavy atom. The minimum absolute atomic E-state index is 0.0268. The van der Waals surface area contributed by atoms with Crippen molar-refractivity contribution in [2.75, 3.05) is 16.8 Å². The molecule has 2 aromatic carbocycles. The number of aryl methyl sites for hydroxylation is 2. The summed E-state index contributed by atoms with van der Waals surface area (Å²) in [4.78, 5) is 37.8. The SMILES string of the molecule is CC(=O)NC(CC(=O)Nc1ccc2c(c1)CCCN2C(C)=O)c1ccc(C)cc1. The van der Waals surface area contributed by atoms with Crippen molar-refractivity contribution in [2.45, 2.75) is 46.1 Å². The van der Waals surface area contributed by atoms with Gasteiger partial charge < -0.3 is 15.5 Å². The van der Waals surface area contributed by atoms with Crippen LogP contribution in [0.3, 0.4) is 0 Å². The summed E-state index contributed by atoms with van der Waals surface area (Å²) in [6, 6.07) is 13.0. The van der Waals surface area contributed by atoms with Crippen LogP contribution >= 0.6 is 0 Å². The van der Waals surface area contributed by atoms with Gasteiger partial charge in [0.2, 0.25) is 17.7 Å². The molecule has 0 saturated carbocycles. The molecule has 1 aliphatic heterocycles. The van der Waals surface area contributed by atoms with Gasteiger partial charge >= 0.3 is 0 Å². The number of carbonyl (C=O) groups excluding carboxylic acids is 3. The topological polar surface area (TPSA) is 78.5 Å². The second-order valence-electron chi connectivity index (χ2n) is 7.53. The molecule has 6 nitrogen and oxygen atoms in total. The Kier molecular flexibility index (Phi) is 6.32. The normalized spacial score (nSPS) is 14.0. The zero-order valence-electron chi connectivity index (χ0n) is 17.1. The van der Waals surface area contributed by atoms with Crippen LogP contribution in [0.1, 0.15) is 49.4 Å². The molecule has 2 N–H and O–H groups in total. The Morgan fingerprint density at radius 3 is 2.45 bits per heavy atom. The fourth-order valence-corrected chi connectivity index (χ4v) is 3.70. The molecule has 0 aromatic heterocycles. The van der Waals surface area contributed by atoms with E-state index in [2.05, 4.69) is 10.6 Å². The van der Waals surface area contributed by atoms with Gasteiger partial charge in [-0.3, -0.25) is 14.4 Å². The van der Waals surface area contributed by atoms with Crippen molar-refractivity contribution < 1.29 is 14.4 Å². The molecular formula is C23H27N3O3. The van der Waals surface area contributed by atoms with E-state index in [9.17, 15) is 14.4 Å². The minimum Gasteiger partial charge on any atom is -0.349 e. The first-order valence-electron chi connectivity index (χ1n) is 9.88. The molecule has 6 heteroatoms. The van der Waals surface area contributed by atoms with Crippen molar-refractivity contribution in [2.24, 2.45) is 0 Å². The molecule has 1 unspecified atom stereocenters. The molecule has 0 aliphatic carbocycles. The number of amides is 3. The van der Waals surface area contributed by atoms with E-state index < -0.39 is 0 Å². The highest BCUT2D eigenvalue weighted by atomic mass is 16.2. The third-order valence-corrected chi connectivity index (χ3v) is 5.11. The van der Waals surface area contributed by atoms with E-state index in [0.29, 0.717) is 5.69 Å². The van der Waals surface area contributed by atoms with Gasteiger partial charge in [0.05, 0.1) is 12.5 Å². The summed E-state index contributed by atoms with van der Waals surface area (Å²) >= 11 is 0. The molecule has 0 saturated heterocycles. The van der Waals surface area contributed by atoms with Gasteiger partial charge in [-0.05, 0) is 49.1 Å². The number of nitrogens with one attached hydrogen (secondary N) is 2. The van der Waals surface area contributed by atoms with E-state index in [1.54, 1.807) is 11.8 Å². The quantitative estimate of drug-likeness (QED) is 0.816. The minimum atomic E-state index is -0.390. The molecule has 152 valence electrons. The lowest BCUT2D eigenvalue weighted by Gasteiger charge is -2.29. The monoisotopic (exact) mass is 393 g/mol. The van der Waals surface area contributed by atoms with Gasteiger partial charge in [-0.25, -0.2) is 0 Å². The van der Waals surface area contributed by atoms with Crippen LogP contribution in [0.2, 0.25) is 0 Å². The predicted molar refractivity (Wildman–Crippen MR) is 114 cm³/mol. The van der Waals surface area contributed by atoms with Crippen LogP contribution < -0.4 is 15.5 Å². The standard InChI is InChI=1S/C23H27N3O3/c1-15-6-8-18(9-7-15)21(24-16(2)27)14-23(29)25-20-10-11-22-19(13-20)5-4-12-26(22)17(3)28/h6-11,13,21H,4-5,12,14H2,1-3H3,(H,24,27)(H,25,29). The first-order valence-corrected chi connectivity index (χ1v) is 9.88. The van der Waals surface area contributed by atoms with Gasteiger partial charge in [0, 0.05) is 31.8 Å². The maximum absolute atomic E-state index is 12.7. The fourth-order valence-electron chi connectivity index (χ4n) is 3.70. The van der Waals surface area contributed by atoms with E-state index in [1.807, 2.05) is 49.4 Å². The molecule has 2 aromatic rings. The third-order valence-electron chi connectivity index (χ3n) is 5.11. The third kappa shape index (κ3) is 5.22. The summed E-state index contributed by atoms with van der Waals surface area (Å²) in [7, 11) is 0. The van der Waals surface area contributed by atoms with Gasteiger partial charge in [-0.2, -0.15) is 0 Å². The van der Waals surface area contributed by atoms with Crippen LogP contribution in [0.5, 0.6) is 0 Å². The molecule has 1 heterocycles. The highest BCUT2D eigenvalue weighted by molar-refractivity contribution is 5.95. The molecule has 29 heavy (non-hydrogen) atoms. The molecule has 3 amide bonds. The molecule has 1 aliphatic rings. The number of fused-ring (bicyclic) bond motifs is 1. The average Bonchev–Trinajstić information content (AvgIpc) is 2.67. The van der Waals surface area contributed by atoms with Gasteiger partial charge in [0.25, 0.3) is 0 Å². The Balaban J connectivity index is 1.72. The van der Waals surface area contributed by atoms with Crippen LogP contribution in [0.4, 0.5) is 11.4 Å². The second kappa shape index (κ2) is 8.90. The molecule has 0 radical (unpaired) electrons. The van der Waals surface area contributed by atoms with Crippen molar-refractivity contribution in [1.82, 2.24) is 5.32 Å². The smallest absolute Gasteiger partial charge is 0.226 e. The maximum Gasteiger partial charge on any atom is 0.226 e. The molecule has 0 spiro atoms. The summed E-state index contributed by atoms with van der Waals surface area (Å²) in [5.41, 5.74) is 4.68. The van der Waals surface area contributed by atoms with Crippen molar-refractivity contribution in [3.63, 3.8) is 0 Å². The predicted octanol–water partition coefficient (Wildman–Crippen LogP) is 3.50. The number of carbonyl (C=O) groups is 3. The summed E-state index contributed by atoms with van der Waals surface area (Å²) in [6.45, 7) is 5.73. The number of nitrogens with zero attached hydrogens (tertiary/aromatic N) is 1. The highest BCUT2D eigenvalue weighted by Crippen LogP contribution is 2.30. The van der Waals surface area contributed by atoms with Gasteiger partial charge in [0.15, 0.2) is 0 Å². The summed E-state index contributed by atoms with van der Waals surface area (Å²) in [6.07, 6.45) is 1.92. The number of benzene rings is 2. The van der Waals surface area contributed by atoms with Crippen molar-refractivity contribution in [1.29, 1.82) is 0 Å². The first kappa shape index (κ1) is 20.6. The van der Waals surface area contributed by atoms with Gasteiger partial charge in [-0.15, -0.1) is 0 Å². The summed E-state index contributed by atoms with van der Waals surface area (Å²) in [5.74, 6) is -0.330. The maximum atomic E-state index is 12.7. The Morgan fingerprint density at radius 2 is 1.79 bits per heavy atom. The molecule has 0 fully saturated rings. The molecule has 3 rings (SSSR count). The Bertz CT molecular complexity index is 921. The lowest BCUT2D eigenvalue weighted by Crippen LogP contribution is -2.33. The summed E-state index contributed by atoms with van der Waals surface area (Å²) in [5, 5.41) is 5.78. The molecule has 0 bridgehead atoms. The lowest BCUT2D eigenvalue weighted by atomic mass is 10.00. The van der Waals surface area contributed by atoms with E-state index in [-0.39, 0.29) is 30.2 Å². The zero-order valence-corrected chi connectivity index (χ0v) is 17.1. The Labute approximate surface area is 171 Å². The fraction of sp³-hybridized carbons (Fsp3) is 0.348. The summed E-state index contributed by atoms with van der Waals surface area (Å²) < 4.78 is 0. The van der Waals surface area contributed by atoms with Crippen LogP contribution in [-0.4, -0.2) is 24.3 Å². The van der Waals surface area contributed by atoms with E-state index in [1.165, 1.54) is 6.92 Å². The molecular weight excluding hydrogens is 366 g/mol. The number of hydrogen-bond donors (Lipinski definition) is 2. The second-order valence-corrected chi connectivity index (χ2v) is 7.53. The van der Waals surface area contributed by atoms with Gasteiger partial charge in [-0.1, -0.05) is 29.8 Å². The first-order chi connectivity index (χ1) is 13.8. The van der Waals surface area contributed by atoms with Crippen molar-refractivity contribution >= 4 is 29.1 Å².